The Hall–Kier alpha value is -5.38. The first-order valence-electron chi connectivity index (χ1n) is 18.3. The molecule has 0 aliphatic carbocycles. The molecule has 0 radical (unpaired) electrons. The number of ether oxygens (including phenoxy) is 2. The van der Waals surface area contributed by atoms with Crippen LogP contribution in [0.25, 0.3) is 0 Å². The minimum atomic E-state index is -0.985. The fraction of sp³-hybridized carbons (Fsp3) is 0.349. The number of rotatable bonds is 6. The number of hydrogen-bond donors (Lipinski definition) is 0. The smallest absolute Gasteiger partial charge is 0.223 e. The molecule has 4 aromatic rings. The quantitative estimate of drug-likeness (QED) is 0.212. The minimum Gasteiger partial charge on any atom is -0.486 e. The van der Waals surface area contributed by atoms with Gasteiger partial charge in [0.25, 0.3) is 0 Å². The lowest BCUT2D eigenvalue weighted by Crippen LogP contribution is -2.54. The van der Waals surface area contributed by atoms with E-state index in [9.17, 15) is 28.0 Å². The van der Waals surface area contributed by atoms with Gasteiger partial charge in [-0.05, 0) is 47.5 Å². The van der Waals surface area contributed by atoms with Gasteiger partial charge in [0.05, 0.1) is 24.0 Å². The Kier molecular flexibility index (Phi) is 8.87. The Morgan fingerprint density at radius 1 is 0.585 bits per heavy atom. The minimum absolute atomic E-state index is 0.0460. The monoisotopic (exact) mass is 718 g/mol. The first-order valence-corrected chi connectivity index (χ1v) is 18.3. The van der Waals surface area contributed by atoms with Crippen molar-refractivity contribution in [2.24, 2.45) is 0 Å². The molecular weight excluding hydrogens is 678 g/mol. The van der Waals surface area contributed by atoms with Crippen LogP contribution in [0.4, 0.5) is 8.78 Å². The number of fused-ring (bicyclic) bond motifs is 2. The van der Waals surface area contributed by atoms with E-state index < -0.39 is 28.3 Å². The lowest BCUT2D eigenvalue weighted by Gasteiger charge is -2.45. The third kappa shape index (κ3) is 6.60. The van der Waals surface area contributed by atoms with Crippen LogP contribution in [0.3, 0.4) is 0 Å². The maximum absolute atomic E-state index is 14.4. The fourth-order valence-corrected chi connectivity index (χ4v) is 8.71. The average Bonchev–Trinajstić information content (AvgIpc) is 3.16. The molecule has 2 saturated heterocycles. The number of hydrogen-bond acceptors (Lipinski definition) is 6. The van der Waals surface area contributed by atoms with Crippen molar-refractivity contribution in [1.29, 1.82) is 0 Å². The molecule has 0 bridgehead atoms. The molecule has 4 aromatic carbocycles. The summed E-state index contributed by atoms with van der Waals surface area (Å²) in [5.41, 5.74) is -0.306. The molecule has 0 N–H and O–H groups in total. The molecule has 2 spiro atoms. The van der Waals surface area contributed by atoms with Crippen LogP contribution in [0.1, 0.15) is 83.2 Å². The summed E-state index contributed by atoms with van der Waals surface area (Å²) in [6, 6.07) is 27.3. The van der Waals surface area contributed by atoms with Gasteiger partial charge in [0, 0.05) is 70.1 Å². The van der Waals surface area contributed by atoms with Gasteiger partial charge in [0.1, 0.15) is 34.3 Å². The van der Waals surface area contributed by atoms with Crippen LogP contribution in [0.15, 0.2) is 97.1 Å². The number of nitrogens with zero attached hydrogens (tertiary/aromatic N) is 2. The molecular formula is C43H40F2N2O6. The molecule has 0 saturated carbocycles. The van der Waals surface area contributed by atoms with Crippen LogP contribution in [-0.4, -0.2) is 70.6 Å². The Bertz CT molecular complexity index is 1920. The summed E-state index contributed by atoms with van der Waals surface area (Å²) in [6.07, 6.45) is 2.13. The molecule has 272 valence electrons. The first kappa shape index (κ1) is 34.7. The van der Waals surface area contributed by atoms with Gasteiger partial charge in [-0.2, -0.15) is 0 Å². The van der Waals surface area contributed by atoms with E-state index in [0.29, 0.717) is 63.4 Å². The highest BCUT2D eigenvalue weighted by molar-refractivity contribution is 6.01. The second-order valence-corrected chi connectivity index (χ2v) is 15.0. The van der Waals surface area contributed by atoms with E-state index in [2.05, 4.69) is 0 Å². The number of halogens is 2. The molecule has 8 rings (SSSR count). The summed E-state index contributed by atoms with van der Waals surface area (Å²) in [7, 11) is 0. The van der Waals surface area contributed by atoms with E-state index in [1.165, 1.54) is 36.4 Å². The number of piperidine rings is 2. The molecule has 4 aliphatic heterocycles. The van der Waals surface area contributed by atoms with Gasteiger partial charge in [0.2, 0.25) is 11.8 Å². The largest absolute Gasteiger partial charge is 0.486 e. The maximum atomic E-state index is 14.4. The van der Waals surface area contributed by atoms with E-state index in [-0.39, 0.29) is 60.2 Å². The van der Waals surface area contributed by atoms with Crippen molar-refractivity contribution in [3.63, 3.8) is 0 Å². The van der Waals surface area contributed by atoms with Crippen LogP contribution in [0.2, 0.25) is 0 Å². The van der Waals surface area contributed by atoms with Crippen molar-refractivity contribution < 1.29 is 37.4 Å². The van der Waals surface area contributed by atoms with Crippen LogP contribution in [0.5, 0.6) is 11.5 Å². The van der Waals surface area contributed by atoms with Gasteiger partial charge in [-0.3, -0.25) is 19.2 Å². The van der Waals surface area contributed by atoms with E-state index in [1.807, 2.05) is 60.7 Å². The number of benzene rings is 4. The van der Waals surface area contributed by atoms with E-state index >= 15 is 0 Å². The summed E-state index contributed by atoms with van der Waals surface area (Å²) in [5, 5.41) is 0. The van der Waals surface area contributed by atoms with Crippen molar-refractivity contribution in [2.75, 3.05) is 26.2 Å². The molecule has 10 heteroatoms. The summed E-state index contributed by atoms with van der Waals surface area (Å²) >= 11 is 0. The summed E-state index contributed by atoms with van der Waals surface area (Å²) in [4.78, 5) is 58.5. The number of likely N-dealkylation sites (tertiary alicyclic amines) is 2. The fourth-order valence-electron chi connectivity index (χ4n) is 8.71. The molecule has 0 aromatic heterocycles. The molecule has 2 fully saturated rings. The van der Waals surface area contributed by atoms with Gasteiger partial charge in [-0.25, -0.2) is 8.78 Å². The topological polar surface area (TPSA) is 93.2 Å². The number of Topliss-reactive ketones (excluding diaryl/α,β-unsaturated/α-hetero) is 2. The van der Waals surface area contributed by atoms with E-state index in [4.69, 9.17) is 9.47 Å². The molecule has 0 unspecified atom stereocenters. The Labute approximate surface area is 306 Å². The zero-order valence-corrected chi connectivity index (χ0v) is 29.3. The highest BCUT2D eigenvalue weighted by Gasteiger charge is 2.48. The number of carbonyl (C=O) groups excluding carboxylic acids is 4. The maximum Gasteiger partial charge on any atom is 0.223 e. The zero-order valence-electron chi connectivity index (χ0n) is 29.3. The number of carbonyl (C=O) groups is 4. The summed E-state index contributed by atoms with van der Waals surface area (Å²) in [5.74, 6) is -0.765. The van der Waals surface area contributed by atoms with Crippen molar-refractivity contribution >= 4 is 23.4 Å². The van der Waals surface area contributed by atoms with Crippen molar-refractivity contribution in [3.8, 4) is 11.5 Å². The van der Waals surface area contributed by atoms with Gasteiger partial charge < -0.3 is 19.3 Å². The molecule has 53 heavy (non-hydrogen) atoms. The predicted molar refractivity (Wildman–Crippen MR) is 192 cm³/mol. The summed E-state index contributed by atoms with van der Waals surface area (Å²) < 4.78 is 40.3. The predicted octanol–water partition coefficient (Wildman–Crippen LogP) is 7.08. The van der Waals surface area contributed by atoms with Crippen molar-refractivity contribution in [2.45, 2.75) is 68.0 Å². The number of ketones is 2. The summed E-state index contributed by atoms with van der Waals surface area (Å²) in [6.45, 7) is 1.50. The van der Waals surface area contributed by atoms with Crippen molar-refractivity contribution in [1.82, 2.24) is 9.80 Å². The van der Waals surface area contributed by atoms with Gasteiger partial charge in [0.15, 0.2) is 11.6 Å². The Morgan fingerprint density at radius 3 is 1.34 bits per heavy atom. The van der Waals surface area contributed by atoms with Crippen LogP contribution in [-0.2, 0) is 15.0 Å². The van der Waals surface area contributed by atoms with E-state index in [1.54, 1.807) is 9.80 Å². The van der Waals surface area contributed by atoms with Crippen molar-refractivity contribution in [3.05, 3.63) is 131 Å². The second kappa shape index (κ2) is 13.5. The lowest BCUT2D eigenvalue weighted by molar-refractivity contribution is -0.138. The normalized spacial score (nSPS) is 18.9. The molecule has 8 nitrogen and oxygen atoms in total. The highest BCUT2D eigenvalue weighted by Crippen LogP contribution is 2.44. The second-order valence-electron chi connectivity index (χ2n) is 15.0. The highest BCUT2D eigenvalue weighted by atomic mass is 19.1. The van der Waals surface area contributed by atoms with Crippen LogP contribution >= 0.6 is 0 Å². The van der Waals surface area contributed by atoms with Gasteiger partial charge >= 0.3 is 0 Å². The SMILES string of the molecule is O=C1CC2(CCN(C(=O)CC(CC(=O)N3CCC4(CC3)CC(=O)c3cc(F)ccc3O4)(c3ccccc3)c3ccccc3)CC2)Oc2ccc(F)cc21. The molecule has 2 amide bonds. The lowest BCUT2D eigenvalue weighted by atomic mass is 9.68. The number of amides is 2. The van der Waals surface area contributed by atoms with Gasteiger partial charge in [-0.1, -0.05) is 60.7 Å². The standard InChI is InChI=1S/C43H40F2N2O6/c44-31-11-13-37-33(23-31)35(48)25-41(52-37)15-19-46(20-16-41)39(50)27-43(29-7-3-1-4-8-29,30-9-5-2-6-10-30)28-40(51)47-21-17-42(18-22-47)26-36(49)34-24-32(45)12-14-38(34)53-42/h1-14,23-24H,15-22,25-28H2. The molecule has 4 aliphatic rings. The van der Waals surface area contributed by atoms with Crippen LogP contribution in [0, 0.1) is 11.6 Å². The Balaban J connectivity index is 1.01. The molecule has 0 atom stereocenters. The zero-order chi connectivity index (χ0) is 36.8. The average molecular weight is 719 g/mol. The van der Waals surface area contributed by atoms with Crippen LogP contribution < -0.4 is 9.47 Å². The molecule has 4 heterocycles. The van der Waals surface area contributed by atoms with E-state index in [0.717, 1.165) is 11.1 Å². The van der Waals surface area contributed by atoms with Gasteiger partial charge in [-0.15, -0.1) is 0 Å². The Morgan fingerprint density at radius 2 is 0.962 bits per heavy atom. The third-order valence-corrected chi connectivity index (χ3v) is 11.7. The third-order valence-electron chi connectivity index (χ3n) is 11.7. The first-order chi connectivity index (χ1) is 25.6.